The molecule has 0 unspecified atom stereocenters. The van der Waals surface area contributed by atoms with E-state index in [4.69, 9.17) is 4.74 Å². The van der Waals surface area contributed by atoms with Crippen LogP contribution in [0.1, 0.15) is 23.5 Å². The monoisotopic (exact) mass is 334 g/mol. The lowest BCUT2D eigenvalue weighted by molar-refractivity contribution is 0.0941. The molecule has 1 aliphatic rings. The molecule has 3 aromatic rings. The van der Waals surface area contributed by atoms with E-state index in [0.717, 1.165) is 29.8 Å². The van der Waals surface area contributed by atoms with Gasteiger partial charge in [0.1, 0.15) is 5.75 Å². The maximum atomic E-state index is 12.4. The van der Waals surface area contributed by atoms with Crippen molar-refractivity contribution in [1.29, 1.82) is 0 Å². The zero-order valence-corrected chi connectivity index (χ0v) is 13.8. The van der Waals surface area contributed by atoms with Crippen LogP contribution in [-0.2, 0) is 0 Å². The van der Waals surface area contributed by atoms with Crippen molar-refractivity contribution in [3.05, 3.63) is 60.4 Å². The lowest BCUT2D eigenvalue weighted by Gasteiger charge is -2.07. The summed E-state index contributed by atoms with van der Waals surface area (Å²) in [5.74, 6) is 1.27. The molecule has 0 bridgehead atoms. The Morgan fingerprint density at radius 2 is 1.96 bits per heavy atom. The number of carbonyl (C=O) groups excluding carboxylic acids is 1. The van der Waals surface area contributed by atoms with E-state index < -0.39 is 0 Å². The van der Waals surface area contributed by atoms with Crippen LogP contribution in [-0.4, -0.2) is 33.8 Å². The van der Waals surface area contributed by atoms with Crippen molar-refractivity contribution < 1.29 is 9.53 Å². The van der Waals surface area contributed by atoms with Gasteiger partial charge in [0.2, 0.25) is 5.82 Å². The van der Waals surface area contributed by atoms with E-state index in [-0.39, 0.29) is 17.8 Å². The molecule has 4 rings (SSSR count). The zero-order chi connectivity index (χ0) is 17.2. The molecular formula is C19H18N4O2. The lowest BCUT2D eigenvalue weighted by Crippen LogP contribution is -2.26. The Balaban J connectivity index is 1.79. The van der Waals surface area contributed by atoms with E-state index in [1.807, 2.05) is 54.6 Å². The summed E-state index contributed by atoms with van der Waals surface area (Å²) in [5.41, 5.74) is 1.68. The maximum Gasteiger partial charge on any atom is 0.291 e. The van der Waals surface area contributed by atoms with Crippen LogP contribution in [0, 0.1) is 0 Å². The predicted octanol–water partition coefficient (Wildman–Crippen LogP) is 2.84. The molecule has 1 N–H and O–H groups in total. The number of amides is 1. The van der Waals surface area contributed by atoms with Crippen LogP contribution in [0.4, 0.5) is 0 Å². The zero-order valence-electron chi connectivity index (χ0n) is 13.8. The second-order valence-electron chi connectivity index (χ2n) is 5.99. The van der Waals surface area contributed by atoms with Crippen molar-refractivity contribution in [2.75, 3.05) is 7.11 Å². The molecule has 1 aromatic heterocycles. The third kappa shape index (κ3) is 3.24. The molecule has 0 spiro atoms. The van der Waals surface area contributed by atoms with Crippen molar-refractivity contribution in [2.45, 2.75) is 18.9 Å². The summed E-state index contributed by atoms with van der Waals surface area (Å²) in [6.45, 7) is 0. The summed E-state index contributed by atoms with van der Waals surface area (Å²) < 4.78 is 6.99. The van der Waals surface area contributed by atoms with Gasteiger partial charge in [-0.15, -0.1) is 5.10 Å². The number of rotatable bonds is 5. The molecule has 1 saturated carbocycles. The highest BCUT2D eigenvalue weighted by molar-refractivity contribution is 5.91. The fourth-order valence-electron chi connectivity index (χ4n) is 2.58. The number of ether oxygens (including phenoxy) is 1. The molecule has 6 heteroatoms. The van der Waals surface area contributed by atoms with Gasteiger partial charge in [0.25, 0.3) is 5.91 Å². The van der Waals surface area contributed by atoms with Gasteiger partial charge in [-0.3, -0.25) is 4.79 Å². The molecule has 1 amide bonds. The van der Waals surface area contributed by atoms with E-state index in [9.17, 15) is 4.79 Å². The number of benzene rings is 2. The second-order valence-corrected chi connectivity index (χ2v) is 5.99. The smallest absolute Gasteiger partial charge is 0.291 e. The standard InChI is InChI=1S/C19H18N4O2/c1-25-16-9-5-6-13(12-16)18-21-17(19(24)20-14-10-11-14)22-23(18)15-7-3-2-4-8-15/h2-9,12,14H,10-11H2,1H3,(H,20,24). The Bertz CT molecular complexity index is 901. The Morgan fingerprint density at radius 1 is 1.16 bits per heavy atom. The van der Waals surface area contributed by atoms with Crippen molar-refractivity contribution in [3.63, 3.8) is 0 Å². The van der Waals surface area contributed by atoms with Crippen LogP contribution in [0.3, 0.4) is 0 Å². The summed E-state index contributed by atoms with van der Waals surface area (Å²) >= 11 is 0. The number of nitrogens with zero attached hydrogens (tertiary/aromatic N) is 3. The third-order valence-corrected chi connectivity index (χ3v) is 4.05. The second kappa shape index (κ2) is 6.39. The van der Waals surface area contributed by atoms with E-state index in [0.29, 0.717) is 5.82 Å². The van der Waals surface area contributed by atoms with Crippen LogP contribution >= 0.6 is 0 Å². The topological polar surface area (TPSA) is 69.0 Å². The highest BCUT2D eigenvalue weighted by atomic mass is 16.5. The summed E-state index contributed by atoms with van der Waals surface area (Å²) in [5, 5.41) is 7.38. The van der Waals surface area contributed by atoms with Gasteiger partial charge in [-0.25, -0.2) is 9.67 Å². The summed E-state index contributed by atoms with van der Waals surface area (Å²) in [6.07, 6.45) is 2.04. The quantitative estimate of drug-likeness (QED) is 0.779. The number of methoxy groups -OCH3 is 1. The highest BCUT2D eigenvalue weighted by Gasteiger charge is 2.26. The molecule has 6 nitrogen and oxygen atoms in total. The van der Waals surface area contributed by atoms with Crippen molar-refractivity contribution in [1.82, 2.24) is 20.1 Å². The molecule has 0 radical (unpaired) electrons. The number of carbonyl (C=O) groups is 1. The van der Waals surface area contributed by atoms with Gasteiger partial charge in [-0.05, 0) is 37.1 Å². The average molecular weight is 334 g/mol. The predicted molar refractivity (Wildman–Crippen MR) is 93.8 cm³/mol. The van der Waals surface area contributed by atoms with Gasteiger partial charge >= 0.3 is 0 Å². The van der Waals surface area contributed by atoms with Crippen LogP contribution in [0.5, 0.6) is 5.75 Å². The normalized spacial score (nSPS) is 13.5. The minimum Gasteiger partial charge on any atom is -0.497 e. The van der Waals surface area contributed by atoms with Crippen LogP contribution in [0.2, 0.25) is 0 Å². The summed E-state index contributed by atoms with van der Waals surface area (Å²) in [6, 6.07) is 17.5. The molecule has 1 heterocycles. The summed E-state index contributed by atoms with van der Waals surface area (Å²) in [4.78, 5) is 16.9. The highest BCUT2D eigenvalue weighted by Crippen LogP contribution is 2.25. The Hall–Kier alpha value is -3.15. The lowest BCUT2D eigenvalue weighted by atomic mass is 10.2. The fourth-order valence-corrected chi connectivity index (χ4v) is 2.58. The first-order valence-electron chi connectivity index (χ1n) is 8.22. The number of nitrogens with one attached hydrogen (secondary N) is 1. The van der Waals surface area contributed by atoms with Crippen LogP contribution < -0.4 is 10.1 Å². The number of hydrogen-bond acceptors (Lipinski definition) is 4. The van der Waals surface area contributed by atoms with Crippen LogP contribution in [0.25, 0.3) is 17.1 Å². The van der Waals surface area contributed by atoms with Crippen molar-refractivity contribution in [2.24, 2.45) is 0 Å². The van der Waals surface area contributed by atoms with Crippen molar-refractivity contribution in [3.8, 4) is 22.8 Å². The third-order valence-electron chi connectivity index (χ3n) is 4.05. The molecule has 25 heavy (non-hydrogen) atoms. The number of para-hydroxylation sites is 1. The molecule has 0 saturated heterocycles. The molecule has 1 fully saturated rings. The Labute approximate surface area is 145 Å². The first-order chi connectivity index (χ1) is 12.2. The SMILES string of the molecule is COc1cccc(-c2nc(C(=O)NC3CC3)nn2-c2ccccc2)c1. The van der Waals surface area contributed by atoms with Crippen LogP contribution in [0.15, 0.2) is 54.6 Å². The van der Waals surface area contributed by atoms with E-state index >= 15 is 0 Å². The molecule has 126 valence electrons. The van der Waals surface area contributed by atoms with Gasteiger partial charge in [0, 0.05) is 11.6 Å². The van der Waals surface area contributed by atoms with Gasteiger partial charge in [-0.2, -0.15) is 0 Å². The fraction of sp³-hybridized carbons (Fsp3) is 0.211. The largest absolute Gasteiger partial charge is 0.497 e. The number of hydrogen-bond donors (Lipinski definition) is 1. The molecule has 1 aliphatic carbocycles. The van der Waals surface area contributed by atoms with Gasteiger partial charge in [0.15, 0.2) is 5.82 Å². The molecule has 0 aliphatic heterocycles. The summed E-state index contributed by atoms with van der Waals surface area (Å²) in [7, 11) is 1.62. The Morgan fingerprint density at radius 3 is 2.68 bits per heavy atom. The number of aromatic nitrogens is 3. The van der Waals surface area contributed by atoms with E-state index in [1.165, 1.54) is 0 Å². The first-order valence-corrected chi connectivity index (χ1v) is 8.22. The molecular weight excluding hydrogens is 316 g/mol. The van der Waals surface area contributed by atoms with E-state index in [1.54, 1.807) is 11.8 Å². The minimum atomic E-state index is -0.235. The Kier molecular flexibility index (Phi) is 3.93. The van der Waals surface area contributed by atoms with E-state index in [2.05, 4.69) is 15.4 Å². The first kappa shape index (κ1) is 15.4. The molecule has 0 atom stereocenters. The van der Waals surface area contributed by atoms with Gasteiger partial charge < -0.3 is 10.1 Å². The van der Waals surface area contributed by atoms with Gasteiger partial charge in [-0.1, -0.05) is 30.3 Å². The minimum absolute atomic E-state index is 0.175. The average Bonchev–Trinajstić information content (AvgIpc) is 3.36. The molecule has 2 aromatic carbocycles. The van der Waals surface area contributed by atoms with Gasteiger partial charge in [0.05, 0.1) is 12.8 Å². The van der Waals surface area contributed by atoms with Crippen molar-refractivity contribution >= 4 is 5.91 Å². The maximum absolute atomic E-state index is 12.4.